The van der Waals surface area contributed by atoms with Crippen LogP contribution in [0.25, 0.3) is 6.08 Å². The van der Waals surface area contributed by atoms with Gasteiger partial charge >= 0.3 is 5.97 Å². The zero-order valence-corrected chi connectivity index (χ0v) is 30.6. The summed E-state index contributed by atoms with van der Waals surface area (Å²) in [6, 6.07) is 20.9. The van der Waals surface area contributed by atoms with E-state index in [-0.39, 0.29) is 11.6 Å². The van der Waals surface area contributed by atoms with Crippen molar-refractivity contribution in [2.45, 2.75) is 55.6 Å². The molecular weight excluding hydrogens is 687 g/mol. The van der Waals surface area contributed by atoms with E-state index in [1.807, 2.05) is 13.0 Å². The maximum atomic E-state index is 13.8. The quantitative estimate of drug-likeness (QED) is 0.0552. The highest BCUT2D eigenvalue weighted by molar-refractivity contribution is 8.00. The Morgan fingerprint density at radius 3 is 2.39 bits per heavy atom. The Morgan fingerprint density at radius 2 is 1.67 bits per heavy atom. The number of esters is 1. The summed E-state index contributed by atoms with van der Waals surface area (Å²) in [5.41, 5.74) is 2.80. The number of rotatable bonds is 13. The number of nitrogens with one attached hydrogen (secondary N) is 3. The Balaban J connectivity index is 1.35. The Kier molecular flexibility index (Phi) is 12.9. The second-order valence-corrected chi connectivity index (χ2v) is 14.1. The Bertz CT molecular complexity index is 1920. The summed E-state index contributed by atoms with van der Waals surface area (Å²) < 4.78 is 16.0. The normalized spacial score (nSPS) is 13.2. The van der Waals surface area contributed by atoms with Crippen molar-refractivity contribution < 1.29 is 33.4 Å². The highest BCUT2D eigenvalue weighted by Crippen LogP contribution is 2.39. The second kappa shape index (κ2) is 17.7. The maximum Gasteiger partial charge on any atom is 0.341 e. The van der Waals surface area contributed by atoms with E-state index in [4.69, 9.17) is 14.2 Å². The molecule has 1 aliphatic carbocycles. The smallest absolute Gasteiger partial charge is 0.341 e. The highest BCUT2D eigenvalue weighted by atomic mass is 32.2. The molecular formula is C39H41N3O7S2. The SMILES string of the molecule is CCC(Sc1cccc(NC(=O)/C(=C\c2cc(OC)ccc2OC)NC(=O)c2ccccc2)c1)C(=O)Nc1sc2c(c1C(=O)OC)CCCCC2. The Labute approximate surface area is 306 Å². The molecule has 0 fully saturated rings. The van der Waals surface area contributed by atoms with Crippen LogP contribution in [0.4, 0.5) is 10.7 Å². The van der Waals surface area contributed by atoms with Crippen LogP contribution in [0.2, 0.25) is 0 Å². The molecule has 12 heteroatoms. The minimum Gasteiger partial charge on any atom is -0.497 e. The number of carbonyl (C=O) groups is 4. The van der Waals surface area contributed by atoms with Crippen molar-refractivity contribution in [2.24, 2.45) is 0 Å². The Hall–Kier alpha value is -5.07. The van der Waals surface area contributed by atoms with E-state index in [2.05, 4.69) is 16.0 Å². The molecule has 0 radical (unpaired) electrons. The van der Waals surface area contributed by atoms with Crippen LogP contribution in [-0.4, -0.2) is 50.3 Å². The van der Waals surface area contributed by atoms with Crippen LogP contribution in [0.1, 0.15) is 69.3 Å². The van der Waals surface area contributed by atoms with E-state index in [0.717, 1.165) is 47.4 Å². The maximum absolute atomic E-state index is 13.8. The van der Waals surface area contributed by atoms with Crippen molar-refractivity contribution >= 4 is 63.6 Å². The van der Waals surface area contributed by atoms with Gasteiger partial charge in [-0.25, -0.2) is 4.79 Å². The van der Waals surface area contributed by atoms with E-state index in [9.17, 15) is 19.2 Å². The van der Waals surface area contributed by atoms with Gasteiger partial charge in [0.1, 0.15) is 22.2 Å². The lowest BCUT2D eigenvalue weighted by Crippen LogP contribution is -2.30. The zero-order chi connectivity index (χ0) is 36.3. The highest BCUT2D eigenvalue weighted by Gasteiger charge is 2.28. The van der Waals surface area contributed by atoms with Gasteiger partial charge in [-0.05, 0) is 92.3 Å². The molecule has 3 amide bonds. The van der Waals surface area contributed by atoms with Crippen molar-refractivity contribution in [3.63, 3.8) is 0 Å². The van der Waals surface area contributed by atoms with Gasteiger partial charge in [-0.2, -0.15) is 0 Å². The number of aryl methyl sites for hydroxylation is 1. The number of hydrogen-bond acceptors (Lipinski definition) is 9. The lowest BCUT2D eigenvalue weighted by Gasteiger charge is -2.16. The average molecular weight is 728 g/mol. The standard InChI is InChI=1S/C39H41N3O7S2/c1-5-32(37(45)42-38-34(39(46)49-4)29-17-10-7-11-18-33(29)51-38)50-28-16-12-15-26(23-28)40-36(44)30(41-35(43)24-13-8-6-9-14-24)22-25-21-27(47-2)19-20-31(25)48-3/h6,8-9,12-16,19-23,32H,5,7,10-11,17-18H2,1-4H3,(H,40,44)(H,41,43)(H,42,45)/b30-22+. The summed E-state index contributed by atoms with van der Waals surface area (Å²) in [5.74, 6) is -0.659. The average Bonchev–Trinajstić information content (AvgIpc) is 3.32. The molecule has 0 saturated carbocycles. The molecule has 3 N–H and O–H groups in total. The van der Waals surface area contributed by atoms with Gasteiger partial charge < -0.3 is 30.2 Å². The summed E-state index contributed by atoms with van der Waals surface area (Å²) in [4.78, 5) is 55.3. The van der Waals surface area contributed by atoms with Gasteiger partial charge in [0.2, 0.25) is 5.91 Å². The molecule has 3 aromatic carbocycles. The minimum atomic E-state index is -0.566. The summed E-state index contributed by atoms with van der Waals surface area (Å²) >= 11 is 2.82. The first-order valence-corrected chi connectivity index (χ1v) is 18.4. The van der Waals surface area contributed by atoms with Crippen molar-refractivity contribution in [1.82, 2.24) is 5.32 Å². The molecule has 1 aliphatic rings. The molecule has 5 rings (SSSR count). The number of thiophene rings is 1. The number of anilines is 2. The largest absolute Gasteiger partial charge is 0.497 e. The predicted octanol–water partition coefficient (Wildman–Crippen LogP) is 7.74. The van der Waals surface area contributed by atoms with Crippen LogP contribution in [-0.2, 0) is 27.2 Å². The molecule has 0 aliphatic heterocycles. The van der Waals surface area contributed by atoms with Crippen LogP contribution in [0.3, 0.4) is 0 Å². The van der Waals surface area contributed by atoms with Gasteiger partial charge in [-0.15, -0.1) is 23.1 Å². The van der Waals surface area contributed by atoms with Gasteiger partial charge in [0.15, 0.2) is 0 Å². The number of fused-ring (bicyclic) bond motifs is 1. The molecule has 0 saturated heterocycles. The van der Waals surface area contributed by atoms with Crippen LogP contribution < -0.4 is 25.4 Å². The van der Waals surface area contributed by atoms with Crippen molar-refractivity contribution in [1.29, 1.82) is 0 Å². The number of ether oxygens (including phenoxy) is 3. The fourth-order valence-corrected chi connectivity index (χ4v) is 8.02. The van der Waals surface area contributed by atoms with Crippen molar-refractivity contribution in [2.75, 3.05) is 32.0 Å². The first kappa shape index (κ1) is 37.2. The lowest BCUT2D eigenvalue weighted by atomic mass is 10.1. The number of amides is 3. The molecule has 0 spiro atoms. The fraction of sp³-hybridized carbons (Fsp3) is 0.282. The third kappa shape index (κ3) is 9.39. The predicted molar refractivity (Wildman–Crippen MR) is 202 cm³/mol. The summed E-state index contributed by atoms with van der Waals surface area (Å²) in [6.07, 6.45) is 6.86. The minimum absolute atomic E-state index is 0.0185. The van der Waals surface area contributed by atoms with E-state index in [1.165, 1.54) is 50.5 Å². The van der Waals surface area contributed by atoms with E-state index in [1.54, 1.807) is 66.7 Å². The van der Waals surface area contributed by atoms with Gasteiger partial charge in [0.05, 0.1) is 32.1 Å². The molecule has 10 nitrogen and oxygen atoms in total. The van der Waals surface area contributed by atoms with Gasteiger partial charge in [-0.1, -0.05) is 37.6 Å². The first-order valence-electron chi connectivity index (χ1n) is 16.7. The molecule has 266 valence electrons. The summed E-state index contributed by atoms with van der Waals surface area (Å²) in [7, 11) is 4.41. The summed E-state index contributed by atoms with van der Waals surface area (Å²) in [6.45, 7) is 1.92. The zero-order valence-electron chi connectivity index (χ0n) is 29.0. The molecule has 1 atom stereocenters. The van der Waals surface area contributed by atoms with Crippen molar-refractivity contribution in [3.8, 4) is 11.5 Å². The summed E-state index contributed by atoms with van der Waals surface area (Å²) in [5, 5.41) is 8.71. The molecule has 51 heavy (non-hydrogen) atoms. The topological polar surface area (TPSA) is 132 Å². The molecule has 1 aromatic heterocycles. The fourth-order valence-electron chi connectivity index (χ4n) is 5.72. The van der Waals surface area contributed by atoms with Crippen LogP contribution in [0.15, 0.2) is 83.4 Å². The number of thioether (sulfide) groups is 1. The first-order chi connectivity index (χ1) is 24.7. The number of benzene rings is 3. The number of carbonyl (C=O) groups excluding carboxylic acids is 4. The number of methoxy groups -OCH3 is 3. The molecule has 1 unspecified atom stereocenters. The second-order valence-electron chi connectivity index (χ2n) is 11.7. The lowest BCUT2D eigenvalue weighted by molar-refractivity contribution is -0.116. The van der Waals surface area contributed by atoms with Gasteiger partial charge in [-0.3, -0.25) is 14.4 Å². The monoisotopic (exact) mass is 727 g/mol. The van der Waals surface area contributed by atoms with E-state index >= 15 is 0 Å². The molecule has 4 aromatic rings. The number of hydrogen-bond donors (Lipinski definition) is 3. The third-order valence-electron chi connectivity index (χ3n) is 8.35. The van der Waals surface area contributed by atoms with Crippen LogP contribution in [0.5, 0.6) is 11.5 Å². The van der Waals surface area contributed by atoms with Crippen LogP contribution >= 0.6 is 23.1 Å². The van der Waals surface area contributed by atoms with Crippen LogP contribution in [0, 0.1) is 0 Å². The molecule has 0 bridgehead atoms. The van der Waals surface area contributed by atoms with Gasteiger partial charge in [0, 0.05) is 26.6 Å². The van der Waals surface area contributed by atoms with E-state index < -0.39 is 23.0 Å². The Morgan fingerprint density at radius 1 is 0.882 bits per heavy atom. The van der Waals surface area contributed by atoms with Crippen molar-refractivity contribution in [3.05, 3.63) is 106 Å². The van der Waals surface area contributed by atoms with E-state index in [0.29, 0.717) is 45.3 Å². The van der Waals surface area contributed by atoms with Gasteiger partial charge in [0.25, 0.3) is 11.8 Å². The third-order valence-corrected chi connectivity index (χ3v) is 10.9. The molecule has 1 heterocycles.